The van der Waals surface area contributed by atoms with Gasteiger partial charge in [-0.1, -0.05) is 6.42 Å². The van der Waals surface area contributed by atoms with Gasteiger partial charge in [-0.25, -0.2) is 0 Å². The van der Waals surface area contributed by atoms with Crippen LogP contribution in [0.25, 0.3) is 0 Å². The predicted octanol–water partition coefficient (Wildman–Crippen LogP) is 2.86. The van der Waals surface area contributed by atoms with Gasteiger partial charge in [-0.05, 0) is 45.2 Å². The Morgan fingerprint density at radius 1 is 1.33 bits per heavy atom. The topological polar surface area (TPSA) is 42.4 Å². The number of likely N-dealkylation sites (tertiary alicyclic amines) is 1. The highest BCUT2D eigenvalue weighted by Crippen LogP contribution is 2.38. The molecule has 100 valence electrons. The molecule has 1 aliphatic heterocycles. The van der Waals surface area contributed by atoms with Crippen LogP contribution in [0.15, 0.2) is 16.7 Å². The molecule has 0 radical (unpaired) electrons. The van der Waals surface area contributed by atoms with Crippen LogP contribution in [0.1, 0.15) is 56.4 Å². The summed E-state index contributed by atoms with van der Waals surface area (Å²) in [6, 6.07) is 3.53. The molecule has 3 unspecified atom stereocenters. The first kappa shape index (κ1) is 12.2. The normalized spacial score (nSPS) is 31.0. The van der Waals surface area contributed by atoms with Crippen LogP contribution < -0.4 is 5.73 Å². The van der Waals surface area contributed by atoms with Crippen LogP contribution >= 0.6 is 0 Å². The van der Waals surface area contributed by atoms with Crippen LogP contribution in [0.2, 0.25) is 0 Å². The first-order valence-corrected chi connectivity index (χ1v) is 7.35. The van der Waals surface area contributed by atoms with Gasteiger partial charge in [0.15, 0.2) is 0 Å². The molecular weight excluding hydrogens is 224 g/mol. The Bertz CT molecular complexity index is 399. The molecule has 3 nitrogen and oxygen atoms in total. The van der Waals surface area contributed by atoms with Gasteiger partial charge in [0.2, 0.25) is 0 Å². The van der Waals surface area contributed by atoms with Crippen molar-refractivity contribution in [3.63, 3.8) is 0 Å². The number of hydrogen-bond donors (Lipinski definition) is 1. The fourth-order valence-corrected chi connectivity index (χ4v) is 3.74. The summed E-state index contributed by atoms with van der Waals surface area (Å²) in [6.45, 7) is 3.35. The van der Waals surface area contributed by atoms with Gasteiger partial charge in [0.1, 0.15) is 5.76 Å². The van der Waals surface area contributed by atoms with Gasteiger partial charge >= 0.3 is 0 Å². The molecule has 1 saturated heterocycles. The highest BCUT2D eigenvalue weighted by molar-refractivity contribution is 5.24. The number of piperidine rings is 1. The van der Waals surface area contributed by atoms with E-state index in [2.05, 4.69) is 17.9 Å². The second-order valence-corrected chi connectivity index (χ2v) is 5.87. The molecule has 0 aromatic carbocycles. The highest BCUT2D eigenvalue weighted by Gasteiger charge is 2.34. The van der Waals surface area contributed by atoms with Crippen molar-refractivity contribution in [3.8, 4) is 0 Å². The summed E-state index contributed by atoms with van der Waals surface area (Å²) in [6.07, 6.45) is 9.36. The molecule has 0 amide bonds. The van der Waals surface area contributed by atoms with Crippen molar-refractivity contribution in [2.75, 3.05) is 6.54 Å². The molecule has 3 atom stereocenters. The summed E-state index contributed by atoms with van der Waals surface area (Å²) < 4.78 is 5.61. The Kier molecular flexibility index (Phi) is 3.44. The van der Waals surface area contributed by atoms with Crippen molar-refractivity contribution in [2.45, 2.75) is 63.6 Å². The summed E-state index contributed by atoms with van der Waals surface area (Å²) in [4.78, 5) is 2.65. The summed E-state index contributed by atoms with van der Waals surface area (Å²) in [5, 5.41) is 0. The van der Waals surface area contributed by atoms with Gasteiger partial charge in [0.25, 0.3) is 0 Å². The van der Waals surface area contributed by atoms with Crippen molar-refractivity contribution in [1.29, 1.82) is 0 Å². The van der Waals surface area contributed by atoms with E-state index < -0.39 is 0 Å². The Labute approximate surface area is 109 Å². The van der Waals surface area contributed by atoms with Crippen molar-refractivity contribution >= 4 is 0 Å². The predicted molar refractivity (Wildman–Crippen MR) is 72.4 cm³/mol. The maximum absolute atomic E-state index is 6.19. The third-order valence-corrected chi connectivity index (χ3v) is 4.62. The Balaban J connectivity index is 1.86. The first-order chi connectivity index (χ1) is 8.77. The van der Waals surface area contributed by atoms with E-state index in [0.717, 1.165) is 6.42 Å². The van der Waals surface area contributed by atoms with Gasteiger partial charge in [0, 0.05) is 30.1 Å². The fourth-order valence-electron chi connectivity index (χ4n) is 3.74. The Hall–Kier alpha value is -0.800. The van der Waals surface area contributed by atoms with E-state index in [1.165, 1.54) is 50.0 Å². The van der Waals surface area contributed by atoms with Crippen LogP contribution in [0, 0.1) is 0 Å². The number of hydrogen-bond acceptors (Lipinski definition) is 3. The molecule has 18 heavy (non-hydrogen) atoms. The molecule has 1 aromatic heterocycles. The zero-order valence-electron chi connectivity index (χ0n) is 11.3. The van der Waals surface area contributed by atoms with Crippen LogP contribution in [-0.2, 0) is 6.42 Å². The second-order valence-electron chi connectivity index (χ2n) is 5.87. The molecule has 1 aromatic rings. The minimum absolute atomic E-state index is 0.266. The number of nitrogens with two attached hydrogens (primary N) is 1. The molecule has 1 aliphatic carbocycles. The summed E-state index contributed by atoms with van der Waals surface area (Å²) >= 11 is 0. The van der Waals surface area contributed by atoms with E-state index in [1.807, 2.05) is 6.26 Å². The molecule has 2 heterocycles. The lowest BCUT2D eigenvalue weighted by Gasteiger charge is -2.44. The van der Waals surface area contributed by atoms with E-state index in [4.69, 9.17) is 10.2 Å². The largest absolute Gasteiger partial charge is 0.469 e. The zero-order valence-corrected chi connectivity index (χ0v) is 11.3. The fraction of sp³-hybridized carbons (Fsp3) is 0.733. The Morgan fingerprint density at radius 2 is 2.22 bits per heavy atom. The molecule has 2 N–H and O–H groups in total. The molecule has 0 bridgehead atoms. The van der Waals surface area contributed by atoms with E-state index in [9.17, 15) is 0 Å². The molecule has 1 fully saturated rings. The average molecular weight is 248 g/mol. The van der Waals surface area contributed by atoms with E-state index in [0.29, 0.717) is 12.1 Å². The zero-order chi connectivity index (χ0) is 12.5. The van der Waals surface area contributed by atoms with Gasteiger partial charge < -0.3 is 10.2 Å². The third-order valence-electron chi connectivity index (χ3n) is 4.62. The van der Waals surface area contributed by atoms with E-state index in [1.54, 1.807) is 0 Å². The highest BCUT2D eigenvalue weighted by atomic mass is 16.3. The van der Waals surface area contributed by atoms with Crippen LogP contribution in [-0.4, -0.2) is 23.5 Å². The number of furan rings is 1. The van der Waals surface area contributed by atoms with Crippen molar-refractivity contribution in [2.24, 2.45) is 5.73 Å². The molecule has 3 heteroatoms. The van der Waals surface area contributed by atoms with Crippen molar-refractivity contribution in [1.82, 2.24) is 4.90 Å². The lowest BCUT2D eigenvalue weighted by molar-refractivity contribution is 0.0703. The lowest BCUT2D eigenvalue weighted by Crippen LogP contribution is -2.50. The monoisotopic (exact) mass is 248 g/mol. The number of rotatable bonds is 2. The maximum Gasteiger partial charge on any atom is 0.108 e. The first-order valence-electron chi connectivity index (χ1n) is 7.35. The SMILES string of the molecule is CC(N)C1CCCCN1C1CCCc2occc21. The number of fused-ring (bicyclic) bond motifs is 1. The molecule has 3 rings (SSSR count). The lowest BCUT2D eigenvalue weighted by atomic mass is 9.87. The minimum Gasteiger partial charge on any atom is -0.469 e. The summed E-state index contributed by atoms with van der Waals surface area (Å²) in [5.41, 5.74) is 7.62. The van der Waals surface area contributed by atoms with Crippen LogP contribution in [0.5, 0.6) is 0 Å². The van der Waals surface area contributed by atoms with Gasteiger partial charge in [-0.15, -0.1) is 0 Å². The summed E-state index contributed by atoms with van der Waals surface area (Å²) in [7, 11) is 0. The van der Waals surface area contributed by atoms with Crippen LogP contribution in [0.3, 0.4) is 0 Å². The van der Waals surface area contributed by atoms with E-state index in [-0.39, 0.29) is 6.04 Å². The standard InChI is InChI=1S/C15H24N2O/c1-11(16)13-5-2-3-9-17(13)14-6-4-7-15-12(14)8-10-18-15/h8,10-11,13-14H,2-7,9,16H2,1H3. The molecule has 0 saturated carbocycles. The summed E-state index contributed by atoms with van der Waals surface area (Å²) in [5.74, 6) is 1.21. The maximum atomic E-state index is 6.19. The quantitative estimate of drug-likeness (QED) is 0.875. The molecule has 0 spiro atoms. The smallest absolute Gasteiger partial charge is 0.108 e. The Morgan fingerprint density at radius 3 is 3.06 bits per heavy atom. The average Bonchev–Trinajstić information content (AvgIpc) is 2.86. The molecule has 2 aliphatic rings. The van der Waals surface area contributed by atoms with Gasteiger partial charge in [-0.3, -0.25) is 4.90 Å². The second kappa shape index (κ2) is 5.06. The number of nitrogens with zero attached hydrogens (tertiary/aromatic N) is 1. The minimum atomic E-state index is 0.266. The third kappa shape index (κ3) is 2.10. The molecular formula is C15H24N2O. The van der Waals surface area contributed by atoms with Crippen molar-refractivity contribution in [3.05, 3.63) is 23.7 Å². The van der Waals surface area contributed by atoms with Crippen LogP contribution in [0.4, 0.5) is 0 Å². The van der Waals surface area contributed by atoms with Gasteiger partial charge in [-0.2, -0.15) is 0 Å². The van der Waals surface area contributed by atoms with E-state index >= 15 is 0 Å². The number of aryl methyl sites for hydroxylation is 1. The van der Waals surface area contributed by atoms with Gasteiger partial charge in [0.05, 0.1) is 6.26 Å². The van der Waals surface area contributed by atoms with Crippen molar-refractivity contribution < 1.29 is 4.42 Å².